The standard InChI is InChI=1S/C18H16F3N3O4S/c1-17(26,10-29(27,28)14-6-3-12(23)4-7-14)16(25)24-13-5-2-11(9-22)15(8-13)18(19,20)21/h2-8,26H,10,23H2,1H3,(H,24,25). The van der Waals surface area contributed by atoms with Crippen LogP contribution in [0.25, 0.3) is 0 Å². The van der Waals surface area contributed by atoms with Gasteiger partial charge in [-0.1, -0.05) is 0 Å². The number of amides is 1. The highest BCUT2D eigenvalue weighted by Crippen LogP contribution is 2.33. The van der Waals surface area contributed by atoms with Gasteiger partial charge in [-0.25, -0.2) is 8.42 Å². The summed E-state index contributed by atoms with van der Waals surface area (Å²) >= 11 is 0. The number of nitrogens with two attached hydrogens (primary N) is 1. The zero-order chi connectivity index (χ0) is 22.0. The van der Waals surface area contributed by atoms with Crippen molar-refractivity contribution in [3.8, 4) is 6.07 Å². The molecule has 2 rings (SSSR count). The van der Waals surface area contributed by atoms with Crippen molar-refractivity contribution >= 4 is 27.1 Å². The SMILES string of the molecule is CC(O)(CS(=O)(=O)c1ccc(N)cc1)C(=O)Nc1ccc(C#N)c(C(F)(F)F)c1. The van der Waals surface area contributed by atoms with Gasteiger partial charge in [0.1, 0.15) is 0 Å². The van der Waals surface area contributed by atoms with E-state index in [4.69, 9.17) is 11.0 Å². The van der Waals surface area contributed by atoms with Crippen molar-refractivity contribution < 1.29 is 31.5 Å². The number of rotatable bonds is 5. The second-order valence-corrected chi connectivity index (χ2v) is 8.42. The van der Waals surface area contributed by atoms with E-state index in [0.717, 1.165) is 19.1 Å². The first-order valence-corrected chi connectivity index (χ1v) is 9.65. The number of anilines is 2. The molecular weight excluding hydrogens is 411 g/mol. The minimum atomic E-state index is -4.84. The molecule has 1 amide bonds. The second kappa shape index (κ2) is 7.73. The number of nitriles is 1. The number of nitrogen functional groups attached to an aromatic ring is 1. The van der Waals surface area contributed by atoms with E-state index < -0.39 is 44.4 Å². The van der Waals surface area contributed by atoms with E-state index in [1.54, 1.807) is 0 Å². The van der Waals surface area contributed by atoms with Gasteiger partial charge in [0.2, 0.25) is 0 Å². The number of alkyl halides is 3. The fraction of sp³-hybridized carbons (Fsp3) is 0.222. The van der Waals surface area contributed by atoms with Crippen molar-refractivity contribution in [2.24, 2.45) is 0 Å². The van der Waals surface area contributed by atoms with E-state index in [1.165, 1.54) is 30.3 Å². The summed E-state index contributed by atoms with van der Waals surface area (Å²) in [5.41, 5.74) is 1.08. The summed E-state index contributed by atoms with van der Waals surface area (Å²) in [7, 11) is -4.10. The Labute approximate surface area is 164 Å². The van der Waals surface area contributed by atoms with Gasteiger partial charge in [0, 0.05) is 11.4 Å². The van der Waals surface area contributed by atoms with Gasteiger partial charge in [0.25, 0.3) is 5.91 Å². The van der Waals surface area contributed by atoms with Crippen LogP contribution in [0.4, 0.5) is 24.5 Å². The average Bonchev–Trinajstić information content (AvgIpc) is 2.60. The van der Waals surface area contributed by atoms with Crippen LogP contribution in [-0.2, 0) is 20.8 Å². The second-order valence-electron chi connectivity index (χ2n) is 6.43. The summed E-state index contributed by atoms with van der Waals surface area (Å²) in [5, 5.41) is 21.2. The molecule has 7 nitrogen and oxygen atoms in total. The molecule has 0 aliphatic carbocycles. The molecule has 0 spiro atoms. The summed E-state index contributed by atoms with van der Waals surface area (Å²) in [6.45, 7) is 0.922. The molecule has 0 aromatic heterocycles. The number of aliphatic hydroxyl groups is 1. The van der Waals surface area contributed by atoms with E-state index in [9.17, 15) is 31.5 Å². The van der Waals surface area contributed by atoms with Crippen molar-refractivity contribution in [1.29, 1.82) is 5.26 Å². The molecule has 0 radical (unpaired) electrons. The van der Waals surface area contributed by atoms with E-state index in [0.29, 0.717) is 11.8 Å². The molecule has 154 valence electrons. The number of carbonyl (C=O) groups is 1. The van der Waals surface area contributed by atoms with Gasteiger partial charge >= 0.3 is 6.18 Å². The Hall–Kier alpha value is -3.10. The summed E-state index contributed by atoms with van der Waals surface area (Å²) in [6.07, 6.45) is -4.84. The minimum absolute atomic E-state index is 0.183. The number of halogens is 3. The highest BCUT2D eigenvalue weighted by molar-refractivity contribution is 7.91. The maximum atomic E-state index is 13.0. The summed E-state index contributed by atoms with van der Waals surface area (Å²) in [6, 6.07) is 8.89. The predicted octanol–water partition coefficient (Wildman–Crippen LogP) is 2.32. The molecule has 11 heteroatoms. The number of hydrogen-bond donors (Lipinski definition) is 3. The maximum Gasteiger partial charge on any atom is 0.417 e. The zero-order valence-corrected chi connectivity index (χ0v) is 15.8. The van der Waals surface area contributed by atoms with Crippen molar-refractivity contribution in [2.75, 3.05) is 16.8 Å². The largest absolute Gasteiger partial charge is 0.417 e. The molecular formula is C18H16F3N3O4S. The minimum Gasteiger partial charge on any atom is -0.399 e. The number of hydrogen-bond acceptors (Lipinski definition) is 6. The van der Waals surface area contributed by atoms with E-state index in [1.807, 2.05) is 5.32 Å². The van der Waals surface area contributed by atoms with Gasteiger partial charge < -0.3 is 16.2 Å². The molecule has 2 aromatic carbocycles. The number of sulfone groups is 1. The van der Waals surface area contributed by atoms with E-state index >= 15 is 0 Å². The van der Waals surface area contributed by atoms with Crippen molar-refractivity contribution in [3.63, 3.8) is 0 Å². The van der Waals surface area contributed by atoms with Gasteiger partial charge in [-0.3, -0.25) is 4.79 Å². The molecule has 0 saturated carbocycles. The topological polar surface area (TPSA) is 133 Å². The van der Waals surface area contributed by atoms with E-state index in [2.05, 4.69) is 0 Å². The summed E-state index contributed by atoms with van der Waals surface area (Å²) in [5.74, 6) is -2.24. The van der Waals surface area contributed by atoms with Crippen LogP contribution in [0.3, 0.4) is 0 Å². The van der Waals surface area contributed by atoms with Crippen LogP contribution < -0.4 is 11.1 Å². The molecule has 0 saturated heterocycles. The van der Waals surface area contributed by atoms with E-state index in [-0.39, 0.29) is 10.6 Å². The first-order chi connectivity index (χ1) is 13.3. The first-order valence-electron chi connectivity index (χ1n) is 8.00. The lowest BCUT2D eigenvalue weighted by atomic mass is 10.1. The van der Waals surface area contributed by atoms with Gasteiger partial charge in [-0.05, 0) is 49.4 Å². The van der Waals surface area contributed by atoms with Crippen molar-refractivity contribution in [2.45, 2.75) is 23.6 Å². The van der Waals surface area contributed by atoms with Gasteiger partial charge in [-0.2, -0.15) is 18.4 Å². The molecule has 0 heterocycles. The third kappa shape index (κ3) is 5.24. The maximum absolute atomic E-state index is 13.0. The van der Waals surface area contributed by atoms with Crippen LogP contribution in [0.2, 0.25) is 0 Å². The molecule has 0 bridgehead atoms. The number of carbonyl (C=O) groups excluding carboxylic acids is 1. The normalized spacial score (nSPS) is 13.9. The smallest absolute Gasteiger partial charge is 0.399 e. The lowest BCUT2D eigenvalue weighted by Crippen LogP contribution is -2.45. The molecule has 29 heavy (non-hydrogen) atoms. The Morgan fingerprint density at radius 2 is 1.79 bits per heavy atom. The fourth-order valence-electron chi connectivity index (χ4n) is 2.41. The monoisotopic (exact) mass is 427 g/mol. The highest BCUT2D eigenvalue weighted by atomic mass is 32.2. The molecule has 1 atom stereocenters. The molecule has 2 aromatic rings. The number of benzene rings is 2. The van der Waals surface area contributed by atoms with Gasteiger partial charge in [0.05, 0.1) is 27.8 Å². The first kappa shape index (κ1) is 22.2. The van der Waals surface area contributed by atoms with Gasteiger partial charge in [-0.15, -0.1) is 0 Å². The van der Waals surface area contributed by atoms with Crippen molar-refractivity contribution in [1.82, 2.24) is 0 Å². The zero-order valence-electron chi connectivity index (χ0n) is 15.0. The molecule has 0 fully saturated rings. The third-order valence-corrected chi connectivity index (χ3v) is 5.84. The van der Waals surface area contributed by atoms with Crippen LogP contribution in [0.5, 0.6) is 0 Å². The van der Waals surface area contributed by atoms with Crippen LogP contribution in [0.1, 0.15) is 18.1 Å². The quantitative estimate of drug-likeness (QED) is 0.627. The average molecular weight is 427 g/mol. The van der Waals surface area contributed by atoms with Crippen molar-refractivity contribution in [3.05, 3.63) is 53.6 Å². The Kier molecular flexibility index (Phi) is 5.91. The Balaban J connectivity index is 2.25. The van der Waals surface area contributed by atoms with Crippen LogP contribution in [0.15, 0.2) is 47.4 Å². The third-order valence-electron chi connectivity index (χ3n) is 3.90. The van der Waals surface area contributed by atoms with Crippen LogP contribution >= 0.6 is 0 Å². The Morgan fingerprint density at radius 3 is 2.31 bits per heavy atom. The summed E-state index contributed by atoms with van der Waals surface area (Å²) < 4.78 is 63.9. The molecule has 4 N–H and O–H groups in total. The van der Waals surface area contributed by atoms with Gasteiger partial charge in [0.15, 0.2) is 15.4 Å². The van der Waals surface area contributed by atoms with Crippen LogP contribution in [0, 0.1) is 11.3 Å². The lowest BCUT2D eigenvalue weighted by Gasteiger charge is -2.22. The molecule has 0 aliphatic rings. The highest BCUT2D eigenvalue weighted by Gasteiger charge is 2.38. The number of nitrogens with zero attached hydrogens (tertiary/aromatic N) is 1. The Bertz CT molecular complexity index is 1070. The summed E-state index contributed by atoms with van der Waals surface area (Å²) in [4.78, 5) is 12.1. The molecule has 0 aliphatic heterocycles. The number of nitrogens with one attached hydrogen (secondary N) is 1. The Morgan fingerprint density at radius 1 is 1.21 bits per heavy atom. The van der Waals surface area contributed by atoms with Crippen LogP contribution in [-0.4, -0.2) is 30.8 Å². The predicted molar refractivity (Wildman–Crippen MR) is 98.3 cm³/mol. The molecule has 1 unspecified atom stereocenters. The fourth-order valence-corrected chi connectivity index (χ4v) is 4.00. The lowest BCUT2D eigenvalue weighted by molar-refractivity contribution is -0.137.